The highest BCUT2D eigenvalue weighted by Crippen LogP contribution is 2.24. The van der Waals surface area contributed by atoms with Gasteiger partial charge in [-0.3, -0.25) is 4.79 Å². The summed E-state index contributed by atoms with van der Waals surface area (Å²) in [4.78, 5) is 12.1. The van der Waals surface area contributed by atoms with Crippen molar-refractivity contribution in [3.63, 3.8) is 0 Å². The number of hydrogen-bond donors (Lipinski definition) is 1. The molecule has 4 heteroatoms. The third-order valence-electron chi connectivity index (χ3n) is 3.16. The minimum Gasteiger partial charge on any atom is -0.496 e. The number of carbonyl (C=O) groups is 1. The van der Waals surface area contributed by atoms with Gasteiger partial charge in [-0.05, 0) is 30.7 Å². The molecule has 2 aromatic rings. The van der Waals surface area contributed by atoms with Gasteiger partial charge in [-0.2, -0.15) is 0 Å². The van der Waals surface area contributed by atoms with Crippen LogP contribution in [0.25, 0.3) is 6.08 Å². The maximum absolute atomic E-state index is 12.1. The normalized spacial score (nSPS) is 10.5. The standard InChI is InChI=1S/C19H21NO3/c1-3-14-23-18-11-7-5-9-16(18)20-19(21)13-12-15-8-4-6-10-17(15)22-2/h4-13H,3,14H2,1-2H3,(H,20,21). The third kappa shape index (κ3) is 4.88. The van der Waals surface area contributed by atoms with Crippen molar-refractivity contribution in [3.8, 4) is 11.5 Å². The Bertz CT molecular complexity index is 680. The molecule has 0 fully saturated rings. The van der Waals surface area contributed by atoms with Crippen LogP contribution in [-0.4, -0.2) is 19.6 Å². The fourth-order valence-electron chi connectivity index (χ4n) is 2.05. The molecule has 120 valence electrons. The lowest BCUT2D eigenvalue weighted by atomic mass is 10.2. The summed E-state index contributed by atoms with van der Waals surface area (Å²) in [7, 11) is 1.61. The fourth-order valence-corrected chi connectivity index (χ4v) is 2.05. The molecule has 0 atom stereocenters. The lowest BCUT2D eigenvalue weighted by molar-refractivity contribution is -0.111. The first-order valence-corrected chi connectivity index (χ1v) is 7.58. The maximum Gasteiger partial charge on any atom is 0.248 e. The Labute approximate surface area is 136 Å². The molecule has 0 aliphatic carbocycles. The zero-order valence-corrected chi connectivity index (χ0v) is 13.4. The lowest BCUT2D eigenvalue weighted by Gasteiger charge is -2.10. The molecule has 0 saturated heterocycles. The predicted octanol–water partition coefficient (Wildman–Crippen LogP) is 4.14. The average Bonchev–Trinajstić information content (AvgIpc) is 2.59. The van der Waals surface area contributed by atoms with Crippen LogP contribution >= 0.6 is 0 Å². The summed E-state index contributed by atoms with van der Waals surface area (Å²) in [5, 5.41) is 2.84. The van der Waals surface area contributed by atoms with E-state index >= 15 is 0 Å². The second-order valence-corrected chi connectivity index (χ2v) is 4.91. The summed E-state index contributed by atoms with van der Waals surface area (Å²) in [5.41, 5.74) is 1.51. The van der Waals surface area contributed by atoms with E-state index in [-0.39, 0.29) is 5.91 Å². The second kappa shape index (κ2) is 8.63. The highest BCUT2D eigenvalue weighted by atomic mass is 16.5. The smallest absolute Gasteiger partial charge is 0.248 e. The second-order valence-electron chi connectivity index (χ2n) is 4.91. The molecule has 0 radical (unpaired) electrons. The van der Waals surface area contributed by atoms with Gasteiger partial charge in [-0.15, -0.1) is 0 Å². The number of benzene rings is 2. The molecule has 0 aromatic heterocycles. The molecule has 23 heavy (non-hydrogen) atoms. The van der Waals surface area contributed by atoms with Crippen molar-refractivity contribution in [1.82, 2.24) is 0 Å². The van der Waals surface area contributed by atoms with Crippen LogP contribution in [0.5, 0.6) is 11.5 Å². The van der Waals surface area contributed by atoms with Gasteiger partial charge in [-0.1, -0.05) is 37.3 Å². The molecule has 0 bridgehead atoms. The Balaban J connectivity index is 2.06. The minimum atomic E-state index is -0.219. The number of para-hydroxylation sites is 3. The summed E-state index contributed by atoms with van der Waals surface area (Å²) in [6.45, 7) is 2.65. The van der Waals surface area contributed by atoms with Gasteiger partial charge >= 0.3 is 0 Å². The Kier molecular flexibility index (Phi) is 6.24. The summed E-state index contributed by atoms with van der Waals surface area (Å²) < 4.78 is 10.9. The molecule has 1 amide bonds. The fraction of sp³-hybridized carbons (Fsp3) is 0.211. The van der Waals surface area contributed by atoms with E-state index in [9.17, 15) is 4.79 Å². The minimum absolute atomic E-state index is 0.219. The molecular weight excluding hydrogens is 290 g/mol. The van der Waals surface area contributed by atoms with E-state index in [2.05, 4.69) is 5.32 Å². The van der Waals surface area contributed by atoms with Crippen LogP contribution in [0.3, 0.4) is 0 Å². The number of rotatable bonds is 7. The van der Waals surface area contributed by atoms with Crippen LogP contribution in [0, 0.1) is 0 Å². The number of methoxy groups -OCH3 is 1. The van der Waals surface area contributed by atoms with E-state index in [0.29, 0.717) is 18.0 Å². The number of hydrogen-bond acceptors (Lipinski definition) is 3. The van der Waals surface area contributed by atoms with Crippen molar-refractivity contribution in [2.24, 2.45) is 0 Å². The van der Waals surface area contributed by atoms with E-state index in [1.807, 2.05) is 55.5 Å². The van der Waals surface area contributed by atoms with Crippen molar-refractivity contribution in [2.45, 2.75) is 13.3 Å². The first kappa shape index (κ1) is 16.6. The van der Waals surface area contributed by atoms with Crippen molar-refractivity contribution < 1.29 is 14.3 Å². The summed E-state index contributed by atoms with van der Waals surface area (Å²) in [5.74, 6) is 1.18. The maximum atomic E-state index is 12.1. The van der Waals surface area contributed by atoms with Gasteiger partial charge in [0.1, 0.15) is 11.5 Å². The van der Waals surface area contributed by atoms with Crippen LogP contribution in [0.15, 0.2) is 54.6 Å². The van der Waals surface area contributed by atoms with Gasteiger partial charge in [-0.25, -0.2) is 0 Å². The van der Waals surface area contributed by atoms with Gasteiger partial charge in [0.25, 0.3) is 0 Å². The molecule has 0 spiro atoms. The van der Waals surface area contributed by atoms with E-state index < -0.39 is 0 Å². The molecular formula is C19H21NO3. The largest absolute Gasteiger partial charge is 0.496 e. The highest BCUT2D eigenvalue weighted by Gasteiger charge is 2.05. The van der Waals surface area contributed by atoms with Gasteiger partial charge < -0.3 is 14.8 Å². The van der Waals surface area contributed by atoms with Crippen LogP contribution in [0.2, 0.25) is 0 Å². The molecule has 0 aliphatic rings. The number of anilines is 1. The number of carbonyl (C=O) groups excluding carboxylic acids is 1. The van der Waals surface area contributed by atoms with Crippen molar-refractivity contribution in [1.29, 1.82) is 0 Å². The molecule has 4 nitrogen and oxygen atoms in total. The Morgan fingerprint density at radius 3 is 2.52 bits per heavy atom. The van der Waals surface area contributed by atoms with E-state index in [4.69, 9.17) is 9.47 Å². The van der Waals surface area contributed by atoms with Gasteiger partial charge in [0.2, 0.25) is 5.91 Å². The van der Waals surface area contributed by atoms with Gasteiger partial charge in [0.15, 0.2) is 0 Å². The quantitative estimate of drug-likeness (QED) is 0.782. The molecule has 2 aromatic carbocycles. The molecule has 0 saturated carbocycles. The van der Waals surface area contributed by atoms with Gasteiger partial charge in [0, 0.05) is 11.6 Å². The molecule has 2 rings (SSSR count). The van der Waals surface area contributed by atoms with E-state index in [0.717, 1.165) is 17.7 Å². The predicted molar refractivity (Wildman–Crippen MR) is 92.9 cm³/mol. The Hall–Kier alpha value is -2.75. The topological polar surface area (TPSA) is 47.6 Å². The number of ether oxygens (including phenoxy) is 2. The monoisotopic (exact) mass is 311 g/mol. The first-order chi connectivity index (χ1) is 11.2. The number of nitrogens with one attached hydrogen (secondary N) is 1. The molecule has 0 unspecified atom stereocenters. The molecule has 0 aliphatic heterocycles. The van der Waals surface area contributed by atoms with Crippen LogP contribution < -0.4 is 14.8 Å². The van der Waals surface area contributed by atoms with Crippen molar-refractivity contribution in [2.75, 3.05) is 19.0 Å². The zero-order chi connectivity index (χ0) is 16.5. The van der Waals surface area contributed by atoms with Crippen LogP contribution in [0.4, 0.5) is 5.69 Å². The Morgan fingerprint density at radius 2 is 1.78 bits per heavy atom. The van der Waals surface area contributed by atoms with Crippen LogP contribution in [0.1, 0.15) is 18.9 Å². The lowest BCUT2D eigenvalue weighted by Crippen LogP contribution is -2.09. The van der Waals surface area contributed by atoms with Gasteiger partial charge in [0.05, 0.1) is 19.4 Å². The summed E-state index contributed by atoms with van der Waals surface area (Å²) >= 11 is 0. The highest BCUT2D eigenvalue weighted by molar-refractivity contribution is 6.02. The Morgan fingerprint density at radius 1 is 1.09 bits per heavy atom. The van der Waals surface area contributed by atoms with E-state index in [1.54, 1.807) is 13.2 Å². The summed E-state index contributed by atoms with van der Waals surface area (Å²) in [6.07, 6.45) is 4.12. The van der Waals surface area contributed by atoms with Crippen molar-refractivity contribution >= 4 is 17.7 Å². The molecule has 0 heterocycles. The van der Waals surface area contributed by atoms with Crippen LogP contribution in [-0.2, 0) is 4.79 Å². The zero-order valence-electron chi connectivity index (χ0n) is 13.4. The summed E-state index contributed by atoms with van der Waals surface area (Å²) in [6, 6.07) is 14.9. The molecule has 1 N–H and O–H groups in total. The third-order valence-corrected chi connectivity index (χ3v) is 3.16. The average molecular weight is 311 g/mol. The van der Waals surface area contributed by atoms with Crippen molar-refractivity contribution in [3.05, 3.63) is 60.2 Å². The first-order valence-electron chi connectivity index (χ1n) is 7.58. The SMILES string of the molecule is CCCOc1ccccc1NC(=O)C=Cc1ccccc1OC. The number of amides is 1. The van der Waals surface area contributed by atoms with E-state index in [1.165, 1.54) is 6.08 Å².